The van der Waals surface area contributed by atoms with Crippen LogP contribution in [0.25, 0.3) is 0 Å². The highest BCUT2D eigenvalue weighted by Gasteiger charge is 2.36. The van der Waals surface area contributed by atoms with Crippen molar-refractivity contribution in [1.82, 2.24) is 9.80 Å². The zero-order chi connectivity index (χ0) is 20.1. The molecule has 0 bridgehead atoms. The van der Waals surface area contributed by atoms with Gasteiger partial charge in [0, 0.05) is 5.57 Å². The van der Waals surface area contributed by atoms with E-state index in [1.54, 1.807) is 4.90 Å². The van der Waals surface area contributed by atoms with Crippen molar-refractivity contribution in [2.45, 2.75) is 45.9 Å². The van der Waals surface area contributed by atoms with Crippen molar-refractivity contribution < 1.29 is 14.6 Å². The predicted octanol–water partition coefficient (Wildman–Crippen LogP) is 5.23. The van der Waals surface area contributed by atoms with E-state index in [1.807, 2.05) is 86.3 Å². The molecule has 148 valence electrons. The third kappa shape index (κ3) is 4.14. The molecule has 1 heterocycles. The van der Waals surface area contributed by atoms with Gasteiger partial charge in [0.1, 0.15) is 13.3 Å². The second-order valence-electron chi connectivity index (χ2n) is 7.14. The summed E-state index contributed by atoms with van der Waals surface area (Å²) in [6, 6.07) is 19.4. The smallest absolute Gasteiger partial charge is 0.412 e. The fourth-order valence-electron chi connectivity index (χ4n) is 3.67. The summed E-state index contributed by atoms with van der Waals surface area (Å²) in [4.78, 5) is 16.4. The van der Waals surface area contributed by atoms with E-state index in [0.29, 0.717) is 6.42 Å². The third-order valence-corrected chi connectivity index (χ3v) is 5.38. The average molecular weight is 380 g/mol. The summed E-state index contributed by atoms with van der Waals surface area (Å²) in [5.41, 5.74) is 2.81. The van der Waals surface area contributed by atoms with Crippen LogP contribution in [-0.4, -0.2) is 33.7 Å². The monoisotopic (exact) mass is 380 g/mol. The molecule has 0 saturated heterocycles. The molecule has 1 aliphatic rings. The molecule has 1 N–H and O–H groups in total. The molecule has 5 heteroatoms. The number of ether oxygens (including phenoxy) is 1. The fraction of sp³-hybridized carbons (Fsp3) is 0.348. The minimum absolute atomic E-state index is 0.0709. The van der Waals surface area contributed by atoms with Crippen LogP contribution in [0, 0.1) is 0 Å². The molecule has 0 fully saturated rings. The molecular weight excluding hydrogens is 352 g/mol. The molecule has 2 aromatic rings. The van der Waals surface area contributed by atoms with E-state index < -0.39 is 0 Å². The van der Waals surface area contributed by atoms with Crippen molar-refractivity contribution in [2.24, 2.45) is 0 Å². The number of carbonyl (C=O) groups excluding carboxylic acids is 1. The number of benzene rings is 2. The maximum atomic E-state index is 12.9. The maximum Gasteiger partial charge on any atom is 0.412 e. The average Bonchev–Trinajstić information content (AvgIpc) is 2.74. The Hall–Kier alpha value is -2.95. The lowest BCUT2D eigenvalue weighted by Crippen LogP contribution is -2.52. The van der Waals surface area contributed by atoms with E-state index in [2.05, 4.69) is 0 Å². The van der Waals surface area contributed by atoms with Crippen molar-refractivity contribution in [3.05, 3.63) is 83.2 Å². The van der Waals surface area contributed by atoms with Crippen LogP contribution in [0.4, 0.5) is 4.79 Å². The van der Waals surface area contributed by atoms with E-state index in [0.717, 1.165) is 16.7 Å². The van der Waals surface area contributed by atoms with Crippen molar-refractivity contribution in [3.63, 3.8) is 0 Å². The largest absolute Gasteiger partial charge is 0.495 e. The van der Waals surface area contributed by atoms with Gasteiger partial charge in [-0.3, -0.25) is 4.90 Å². The summed E-state index contributed by atoms with van der Waals surface area (Å²) < 4.78 is 5.57. The Bertz CT molecular complexity index is 820. The van der Waals surface area contributed by atoms with Gasteiger partial charge in [-0.1, -0.05) is 67.6 Å². The van der Waals surface area contributed by atoms with Gasteiger partial charge in [0.05, 0.1) is 12.1 Å². The van der Waals surface area contributed by atoms with Crippen molar-refractivity contribution in [2.75, 3.05) is 6.67 Å². The SMILES string of the molecule is CC[C@H]1C(C)=C(O)N([C@@H](C)c2ccccc2)CN1C(=O)OCc1ccccc1. The Morgan fingerprint density at radius 2 is 1.75 bits per heavy atom. The van der Waals surface area contributed by atoms with Gasteiger partial charge < -0.3 is 14.7 Å². The van der Waals surface area contributed by atoms with Gasteiger partial charge in [0.15, 0.2) is 5.88 Å². The van der Waals surface area contributed by atoms with E-state index in [9.17, 15) is 9.90 Å². The number of aliphatic hydroxyl groups is 1. The molecule has 3 rings (SSSR count). The Balaban J connectivity index is 1.79. The molecule has 5 nitrogen and oxygen atoms in total. The summed E-state index contributed by atoms with van der Waals surface area (Å²) in [7, 11) is 0. The van der Waals surface area contributed by atoms with E-state index in [1.165, 1.54) is 0 Å². The van der Waals surface area contributed by atoms with Crippen LogP contribution in [0.15, 0.2) is 72.1 Å². The normalized spacial score (nSPS) is 18.2. The molecule has 0 saturated carbocycles. The molecule has 0 aliphatic carbocycles. The Kier molecular flexibility index (Phi) is 6.24. The van der Waals surface area contributed by atoms with Gasteiger partial charge in [-0.05, 0) is 31.4 Å². The van der Waals surface area contributed by atoms with E-state index >= 15 is 0 Å². The van der Waals surface area contributed by atoms with E-state index in [4.69, 9.17) is 4.74 Å². The highest BCUT2D eigenvalue weighted by atomic mass is 16.6. The lowest BCUT2D eigenvalue weighted by Gasteiger charge is -2.44. The number of rotatable bonds is 5. The summed E-state index contributed by atoms with van der Waals surface area (Å²) in [6.07, 6.45) is 0.344. The molecule has 1 amide bonds. The quantitative estimate of drug-likeness (QED) is 0.772. The number of carbonyl (C=O) groups is 1. The van der Waals surface area contributed by atoms with Gasteiger partial charge in [-0.15, -0.1) is 0 Å². The first-order valence-electron chi connectivity index (χ1n) is 9.71. The zero-order valence-electron chi connectivity index (χ0n) is 16.7. The topological polar surface area (TPSA) is 53.0 Å². The summed E-state index contributed by atoms with van der Waals surface area (Å²) in [5, 5.41) is 10.8. The third-order valence-electron chi connectivity index (χ3n) is 5.38. The number of hydrogen-bond acceptors (Lipinski definition) is 4. The number of amides is 1. The molecule has 2 atom stereocenters. The van der Waals surface area contributed by atoms with Gasteiger partial charge in [0.2, 0.25) is 0 Å². The van der Waals surface area contributed by atoms with Crippen LogP contribution in [-0.2, 0) is 11.3 Å². The standard InChI is InChI=1S/C23H28N2O3/c1-4-21-17(2)22(26)24(18(3)20-13-9-6-10-14-20)16-25(21)23(27)28-15-19-11-7-5-8-12-19/h5-14,18,21,26H,4,15-16H2,1-3H3/t18-,21-/m0/s1. The first-order valence-corrected chi connectivity index (χ1v) is 9.71. The molecule has 1 aliphatic heterocycles. The molecule has 28 heavy (non-hydrogen) atoms. The van der Waals surface area contributed by atoms with Gasteiger partial charge in [0.25, 0.3) is 0 Å². The Morgan fingerprint density at radius 1 is 1.14 bits per heavy atom. The molecular formula is C23H28N2O3. The van der Waals surface area contributed by atoms with Crippen LogP contribution in [0.1, 0.15) is 44.4 Å². The van der Waals surface area contributed by atoms with Crippen LogP contribution in [0.5, 0.6) is 0 Å². The minimum Gasteiger partial charge on any atom is -0.495 e. The molecule has 0 unspecified atom stereocenters. The van der Waals surface area contributed by atoms with Crippen LogP contribution < -0.4 is 0 Å². The van der Waals surface area contributed by atoms with Gasteiger partial charge in [-0.2, -0.15) is 0 Å². The fourth-order valence-corrected chi connectivity index (χ4v) is 3.67. The number of hydrogen-bond donors (Lipinski definition) is 1. The lowest BCUT2D eigenvalue weighted by molar-refractivity contribution is 0.0191. The minimum atomic E-state index is -0.368. The maximum absolute atomic E-state index is 12.9. The van der Waals surface area contributed by atoms with Gasteiger partial charge in [-0.25, -0.2) is 4.79 Å². The highest BCUT2D eigenvalue weighted by molar-refractivity contribution is 5.69. The summed E-state index contributed by atoms with van der Waals surface area (Å²) >= 11 is 0. The summed E-state index contributed by atoms with van der Waals surface area (Å²) in [5.74, 6) is 0.246. The number of nitrogens with zero attached hydrogens (tertiary/aromatic N) is 2. The lowest BCUT2D eigenvalue weighted by atomic mass is 10.0. The molecule has 0 spiro atoms. The van der Waals surface area contributed by atoms with Crippen LogP contribution >= 0.6 is 0 Å². The highest BCUT2D eigenvalue weighted by Crippen LogP contribution is 2.32. The number of aliphatic hydroxyl groups excluding tert-OH is 1. The summed E-state index contributed by atoms with van der Waals surface area (Å²) in [6.45, 7) is 6.43. The predicted molar refractivity (Wildman–Crippen MR) is 109 cm³/mol. The van der Waals surface area contributed by atoms with Crippen molar-refractivity contribution in [1.29, 1.82) is 0 Å². The zero-order valence-corrected chi connectivity index (χ0v) is 16.7. The molecule has 2 aromatic carbocycles. The Morgan fingerprint density at radius 3 is 2.36 bits per heavy atom. The van der Waals surface area contributed by atoms with Gasteiger partial charge >= 0.3 is 6.09 Å². The van der Waals surface area contributed by atoms with Crippen LogP contribution in [0.2, 0.25) is 0 Å². The van der Waals surface area contributed by atoms with Crippen molar-refractivity contribution >= 4 is 6.09 Å². The second-order valence-corrected chi connectivity index (χ2v) is 7.14. The van der Waals surface area contributed by atoms with Crippen LogP contribution in [0.3, 0.4) is 0 Å². The first kappa shape index (κ1) is 19.8. The molecule has 0 radical (unpaired) electrons. The second kappa shape index (κ2) is 8.83. The van der Waals surface area contributed by atoms with Crippen molar-refractivity contribution in [3.8, 4) is 0 Å². The Labute approximate surface area is 166 Å². The first-order chi connectivity index (χ1) is 13.5. The van der Waals surface area contributed by atoms with E-state index in [-0.39, 0.29) is 37.3 Å². The molecule has 0 aromatic heterocycles.